The van der Waals surface area contributed by atoms with E-state index < -0.39 is 0 Å². The normalized spacial score (nSPS) is 17.5. The van der Waals surface area contributed by atoms with Gasteiger partial charge in [-0.15, -0.1) is 0 Å². The standard InChI is InChI=1S/C21H21FN2O2/c1-14-11-16-12-15(4-9-20(16)26-14)21(25)24-10-2-3-19(13-24)23-18-7-5-17(22)6-8-18/h4-9,11-12,19,23H,2-3,10,13H2,1H3/t19-/m0/s1. The number of anilines is 1. The molecular formula is C21H21FN2O2. The number of benzene rings is 2. The van der Waals surface area contributed by atoms with Gasteiger partial charge in [0.2, 0.25) is 0 Å². The number of aryl methyl sites for hydroxylation is 1. The second-order valence-corrected chi connectivity index (χ2v) is 6.85. The summed E-state index contributed by atoms with van der Waals surface area (Å²) in [5.41, 5.74) is 2.36. The molecule has 2 heterocycles. The van der Waals surface area contributed by atoms with Gasteiger partial charge in [-0.2, -0.15) is 0 Å². The van der Waals surface area contributed by atoms with E-state index in [1.165, 1.54) is 12.1 Å². The van der Waals surface area contributed by atoms with Crippen molar-refractivity contribution in [3.63, 3.8) is 0 Å². The summed E-state index contributed by atoms with van der Waals surface area (Å²) in [4.78, 5) is 14.8. The van der Waals surface area contributed by atoms with Gasteiger partial charge in [0, 0.05) is 35.8 Å². The van der Waals surface area contributed by atoms with Crippen LogP contribution in [0, 0.1) is 12.7 Å². The van der Waals surface area contributed by atoms with Gasteiger partial charge in [0.25, 0.3) is 5.91 Å². The molecule has 4 nitrogen and oxygen atoms in total. The predicted octanol–water partition coefficient (Wildman–Crippen LogP) is 4.60. The summed E-state index contributed by atoms with van der Waals surface area (Å²) >= 11 is 0. The van der Waals surface area contributed by atoms with Crippen molar-refractivity contribution in [3.05, 3.63) is 65.7 Å². The molecule has 26 heavy (non-hydrogen) atoms. The van der Waals surface area contributed by atoms with E-state index in [0.29, 0.717) is 12.1 Å². The van der Waals surface area contributed by atoms with E-state index >= 15 is 0 Å². The van der Waals surface area contributed by atoms with Crippen LogP contribution in [0.15, 0.2) is 52.9 Å². The average molecular weight is 352 g/mol. The highest BCUT2D eigenvalue weighted by atomic mass is 19.1. The quantitative estimate of drug-likeness (QED) is 0.749. The SMILES string of the molecule is Cc1cc2cc(C(=O)N3CCC[C@H](Nc4ccc(F)cc4)C3)ccc2o1. The number of carbonyl (C=O) groups is 1. The number of hydrogen-bond donors (Lipinski definition) is 1. The minimum Gasteiger partial charge on any atom is -0.461 e. The number of nitrogens with one attached hydrogen (secondary N) is 1. The molecule has 1 atom stereocenters. The van der Waals surface area contributed by atoms with Gasteiger partial charge in [-0.1, -0.05) is 0 Å². The number of carbonyl (C=O) groups excluding carboxylic acids is 1. The molecule has 0 radical (unpaired) electrons. The van der Waals surface area contributed by atoms with Crippen molar-refractivity contribution in [1.29, 1.82) is 0 Å². The van der Waals surface area contributed by atoms with Crippen molar-refractivity contribution >= 4 is 22.6 Å². The molecule has 0 bridgehead atoms. The molecule has 1 aliphatic rings. The molecule has 1 saturated heterocycles. The Balaban J connectivity index is 1.47. The van der Waals surface area contributed by atoms with Crippen molar-refractivity contribution < 1.29 is 13.6 Å². The molecule has 1 aromatic heterocycles. The summed E-state index contributed by atoms with van der Waals surface area (Å²) in [6.45, 7) is 3.29. The van der Waals surface area contributed by atoms with Crippen LogP contribution >= 0.6 is 0 Å². The van der Waals surface area contributed by atoms with E-state index in [-0.39, 0.29) is 17.8 Å². The van der Waals surface area contributed by atoms with Crippen molar-refractivity contribution in [3.8, 4) is 0 Å². The third-order valence-electron chi connectivity index (χ3n) is 4.81. The van der Waals surface area contributed by atoms with Crippen molar-refractivity contribution in [2.45, 2.75) is 25.8 Å². The third kappa shape index (κ3) is 3.43. The lowest BCUT2D eigenvalue weighted by atomic mass is 10.0. The van der Waals surface area contributed by atoms with Crippen molar-refractivity contribution in [1.82, 2.24) is 4.90 Å². The number of halogens is 1. The number of nitrogens with zero attached hydrogens (tertiary/aromatic N) is 1. The van der Waals surface area contributed by atoms with Gasteiger partial charge >= 0.3 is 0 Å². The van der Waals surface area contributed by atoms with Gasteiger partial charge in [0.05, 0.1) is 0 Å². The first kappa shape index (κ1) is 16.6. The molecule has 1 fully saturated rings. The van der Waals surface area contributed by atoms with Gasteiger partial charge < -0.3 is 14.6 Å². The molecule has 0 spiro atoms. The molecule has 1 N–H and O–H groups in total. The third-order valence-corrected chi connectivity index (χ3v) is 4.81. The van der Waals surface area contributed by atoms with Crippen LogP contribution in [-0.2, 0) is 0 Å². The maximum absolute atomic E-state index is 13.0. The number of likely N-dealkylation sites (tertiary alicyclic amines) is 1. The fraction of sp³-hybridized carbons (Fsp3) is 0.286. The lowest BCUT2D eigenvalue weighted by Gasteiger charge is -2.33. The molecule has 1 amide bonds. The van der Waals surface area contributed by atoms with Crippen LogP contribution in [0.2, 0.25) is 0 Å². The Morgan fingerprint density at radius 1 is 1.19 bits per heavy atom. The molecule has 0 unspecified atom stereocenters. The number of fused-ring (bicyclic) bond motifs is 1. The van der Waals surface area contributed by atoms with E-state index in [4.69, 9.17) is 4.42 Å². The molecule has 0 aliphatic carbocycles. The zero-order valence-electron chi connectivity index (χ0n) is 14.7. The lowest BCUT2D eigenvalue weighted by Crippen LogP contribution is -2.45. The zero-order chi connectivity index (χ0) is 18.1. The average Bonchev–Trinajstić information content (AvgIpc) is 3.02. The highest BCUT2D eigenvalue weighted by molar-refractivity contribution is 5.98. The largest absolute Gasteiger partial charge is 0.461 e. The highest BCUT2D eigenvalue weighted by Gasteiger charge is 2.24. The summed E-state index contributed by atoms with van der Waals surface area (Å²) in [5.74, 6) is 0.628. The molecular weight excluding hydrogens is 331 g/mol. The van der Waals surface area contributed by atoms with Crippen LogP contribution in [0.3, 0.4) is 0 Å². The first-order chi connectivity index (χ1) is 12.6. The van der Waals surface area contributed by atoms with E-state index in [1.807, 2.05) is 36.1 Å². The van der Waals surface area contributed by atoms with E-state index in [1.54, 1.807) is 12.1 Å². The minimum atomic E-state index is -0.249. The summed E-state index contributed by atoms with van der Waals surface area (Å²) in [7, 11) is 0. The van der Waals surface area contributed by atoms with E-state index in [0.717, 1.165) is 41.8 Å². The van der Waals surface area contributed by atoms with Gasteiger partial charge in [-0.3, -0.25) is 4.79 Å². The van der Waals surface area contributed by atoms with Crippen LogP contribution in [0.4, 0.5) is 10.1 Å². The number of piperidine rings is 1. The van der Waals surface area contributed by atoms with Crippen LogP contribution < -0.4 is 5.32 Å². The van der Waals surface area contributed by atoms with E-state index in [2.05, 4.69) is 5.32 Å². The maximum atomic E-state index is 13.0. The number of furan rings is 1. The fourth-order valence-electron chi connectivity index (χ4n) is 3.55. The Morgan fingerprint density at radius 2 is 2.00 bits per heavy atom. The van der Waals surface area contributed by atoms with Crippen molar-refractivity contribution in [2.75, 3.05) is 18.4 Å². The number of rotatable bonds is 3. The van der Waals surface area contributed by atoms with Crippen LogP contribution in [0.1, 0.15) is 29.0 Å². The maximum Gasteiger partial charge on any atom is 0.253 e. The lowest BCUT2D eigenvalue weighted by molar-refractivity contribution is 0.0715. The second-order valence-electron chi connectivity index (χ2n) is 6.85. The van der Waals surface area contributed by atoms with Gasteiger partial charge in [-0.25, -0.2) is 4.39 Å². The fourth-order valence-corrected chi connectivity index (χ4v) is 3.55. The Hall–Kier alpha value is -2.82. The first-order valence-electron chi connectivity index (χ1n) is 8.90. The Kier molecular flexibility index (Phi) is 4.37. The Labute approximate surface area is 151 Å². The smallest absolute Gasteiger partial charge is 0.253 e. The van der Waals surface area contributed by atoms with Crippen LogP contribution in [-0.4, -0.2) is 29.9 Å². The summed E-state index contributed by atoms with van der Waals surface area (Å²) in [6.07, 6.45) is 1.93. The molecule has 0 saturated carbocycles. The monoisotopic (exact) mass is 352 g/mol. The zero-order valence-corrected chi connectivity index (χ0v) is 14.7. The highest BCUT2D eigenvalue weighted by Crippen LogP contribution is 2.23. The molecule has 5 heteroatoms. The molecule has 2 aromatic carbocycles. The summed E-state index contributed by atoms with van der Waals surface area (Å²) < 4.78 is 18.6. The van der Waals surface area contributed by atoms with Crippen LogP contribution in [0.25, 0.3) is 11.0 Å². The minimum absolute atomic E-state index is 0.0383. The first-order valence-corrected chi connectivity index (χ1v) is 8.90. The van der Waals surface area contributed by atoms with Gasteiger partial charge in [0.1, 0.15) is 17.2 Å². The number of amides is 1. The Bertz CT molecular complexity index is 933. The Morgan fingerprint density at radius 3 is 2.81 bits per heavy atom. The molecule has 1 aliphatic heterocycles. The van der Waals surface area contributed by atoms with E-state index in [9.17, 15) is 9.18 Å². The van der Waals surface area contributed by atoms with Gasteiger partial charge in [-0.05, 0) is 68.3 Å². The second kappa shape index (κ2) is 6.83. The van der Waals surface area contributed by atoms with Crippen LogP contribution in [0.5, 0.6) is 0 Å². The number of hydrogen-bond acceptors (Lipinski definition) is 3. The molecule has 3 aromatic rings. The van der Waals surface area contributed by atoms with Crippen molar-refractivity contribution in [2.24, 2.45) is 0 Å². The topological polar surface area (TPSA) is 45.5 Å². The predicted molar refractivity (Wildman–Crippen MR) is 99.9 cm³/mol. The van der Waals surface area contributed by atoms with Gasteiger partial charge in [0.15, 0.2) is 0 Å². The molecule has 4 rings (SSSR count). The molecule has 134 valence electrons. The summed E-state index contributed by atoms with van der Waals surface area (Å²) in [5, 5.41) is 4.35. The summed E-state index contributed by atoms with van der Waals surface area (Å²) in [6, 6.07) is 14.0.